The zero-order valence-corrected chi connectivity index (χ0v) is 9.71. The summed E-state index contributed by atoms with van der Waals surface area (Å²) in [5.74, 6) is 0. The molecule has 1 saturated heterocycles. The van der Waals surface area contributed by atoms with E-state index in [1.54, 1.807) is 7.11 Å². The lowest BCUT2D eigenvalue weighted by Crippen LogP contribution is -2.59. The fourth-order valence-electron chi connectivity index (χ4n) is 2.06. The molecule has 0 aromatic heterocycles. The van der Waals surface area contributed by atoms with Gasteiger partial charge in [-0.1, -0.05) is 0 Å². The molecule has 4 heteroatoms. The molecular weight excluding hydrogens is 192 g/mol. The molecule has 0 radical (unpaired) electrons. The highest BCUT2D eigenvalue weighted by Gasteiger charge is 2.32. The predicted octanol–water partition coefficient (Wildman–Crippen LogP) is 0.132. The fraction of sp³-hybridized carbons (Fsp3) is 1.00. The number of hydrogen-bond acceptors (Lipinski definition) is 4. The van der Waals surface area contributed by atoms with Crippen LogP contribution in [0, 0.1) is 0 Å². The summed E-state index contributed by atoms with van der Waals surface area (Å²) < 4.78 is 11.0. The Balaban J connectivity index is 1.46. The third kappa shape index (κ3) is 2.91. The first-order valence-corrected chi connectivity index (χ1v) is 5.83. The molecule has 1 aliphatic carbocycles. The van der Waals surface area contributed by atoms with Gasteiger partial charge in [-0.2, -0.15) is 0 Å². The number of methoxy groups -OCH3 is 1. The van der Waals surface area contributed by atoms with E-state index in [0.717, 1.165) is 39.1 Å². The van der Waals surface area contributed by atoms with Crippen molar-refractivity contribution in [2.24, 2.45) is 0 Å². The fourth-order valence-corrected chi connectivity index (χ4v) is 2.06. The van der Waals surface area contributed by atoms with Crippen LogP contribution in [0.3, 0.4) is 0 Å². The molecule has 0 bridgehead atoms. The van der Waals surface area contributed by atoms with Crippen LogP contribution in [-0.4, -0.2) is 51.1 Å². The highest BCUT2D eigenvalue weighted by molar-refractivity contribution is 4.90. The summed E-state index contributed by atoms with van der Waals surface area (Å²) in [6.45, 7) is 5.90. The van der Waals surface area contributed by atoms with Crippen LogP contribution >= 0.6 is 0 Å². The summed E-state index contributed by atoms with van der Waals surface area (Å²) in [5, 5.41) is 6.70. The molecule has 0 aromatic carbocycles. The average Bonchev–Trinajstić information content (AvgIpc) is 2.12. The molecule has 2 aliphatic rings. The molecule has 2 rings (SSSR count). The Morgan fingerprint density at radius 2 is 2.13 bits per heavy atom. The van der Waals surface area contributed by atoms with E-state index in [9.17, 15) is 0 Å². The second-order valence-corrected chi connectivity index (χ2v) is 4.88. The smallest absolute Gasteiger partial charge is 0.0902 e. The normalized spacial score (nSPS) is 33.2. The van der Waals surface area contributed by atoms with E-state index in [1.807, 2.05) is 0 Å². The van der Waals surface area contributed by atoms with Gasteiger partial charge in [0.25, 0.3) is 0 Å². The largest absolute Gasteiger partial charge is 0.381 e. The van der Waals surface area contributed by atoms with Gasteiger partial charge in [0.15, 0.2) is 0 Å². The maximum atomic E-state index is 5.78. The van der Waals surface area contributed by atoms with Gasteiger partial charge >= 0.3 is 0 Å². The van der Waals surface area contributed by atoms with Crippen LogP contribution in [-0.2, 0) is 9.47 Å². The van der Waals surface area contributed by atoms with Gasteiger partial charge in [0.2, 0.25) is 0 Å². The van der Waals surface area contributed by atoms with E-state index in [0.29, 0.717) is 12.1 Å². The Labute approximate surface area is 91.7 Å². The third-order valence-electron chi connectivity index (χ3n) is 3.41. The third-order valence-corrected chi connectivity index (χ3v) is 3.41. The van der Waals surface area contributed by atoms with Crippen molar-refractivity contribution in [3.05, 3.63) is 0 Å². The van der Waals surface area contributed by atoms with E-state index < -0.39 is 0 Å². The minimum atomic E-state index is 0.0936. The van der Waals surface area contributed by atoms with Crippen LogP contribution in [0.2, 0.25) is 0 Å². The predicted molar refractivity (Wildman–Crippen MR) is 59.0 cm³/mol. The van der Waals surface area contributed by atoms with E-state index >= 15 is 0 Å². The molecule has 2 N–H and O–H groups in total. The van der Waals surface area contributed by atoms with Gasteiger partial charge in [-0.05, 0) is 19.8 Å². The van der Waals surface area contributed by atoms with Crippen molar-refractivity contribution in [2.75, 3.05) is 33.4 Å². The molecule has 4 nitrogen and oxygen atoms in total. The standard InChI is InChI=1S/C11H22N2O2/c1-11(7-12-8-11)15-4-3-13-9-5-10(6-9)14-2/h9-10,12-13H,3-8H2,1-2H3. The zero-order chi connectivity index (χ0) is 10.7. The first-order chi connectivity index (χ1) is 7.22. The quantitative estimate of drug-likeness (QED) is 0.617. The highest BCUT2D eigenvalue weighted by atomic mass is 16.5. The van der Waals surface area contributed by atoms with Gasteiger partial charge in [0.05, 0.1) is 18.3 Å². The van der Waals surface area contributed by atoms with Crippen molar-refractivity contribution in [3.63, 3.8) is 0 Å². The van der Waals surface area contributed by atoms with Crippen LogP contribution in [0.25, 0.3) is 0 Å². The molecule has 0 spiro atoms. The van der Waals surface area contributed by atoms with Crippen molar-refractivity contribution in [1.82, 2.24) is 10.6 Å². The molecule has 1 heterocycles. The highest BCUT2D eigenvalue weighted by Crippen LogP contribution is 2.22. The summed E-state index contributed by atoms with van der Waals surface area (Å²) in [7, 11) is 1.79. The number of nitrogens with one attached hydrogen (secondary N) is 2. The first kappa shape index (κ1) is 11.3. The number of rotatable bonds is 6. The van der Waals surface area contributed by atoms with Crippen molar-refractivity contribution in [2.45, 2.75) is 37.5 Å². The topological polar surface area (TPSA) is 42.5 Å². The summed E-state index contributed by atoms with van der Waals surface area (Å²) in [6.07, 6.45) is 2.78. The maximum absolute atomic E-state index is 5.78. The Bertz CT molecular complexity index is 201. The summed E-state index contributed by atoms with van der Waals surface area (Å²) in [6, 6.07) is 0.644. The van der Waals surface area contributed by atoms with E-state index in [1.165, 1.54) is 0 Å². The minimum absolute atomic E-state index is 0.0936. The van der Waals surface area contributed by atoms with Crippen molar-refractivity contribution in [1.29, 1.82) is 0 Å². The summed E-state index contributed by atoms with van der Waals surface area (Å²) in [5.41, 5.74) is 0.0936. The molecular formula is C11H22N2O2. The molecule has 0 unspecified atom stereocenters. The second-order valence-electron chi connectivity index (χ2n) is 4.88. The molecule has 0 atom stereocenters. The average molecular weight is 214 g/mol. The lowest BCUT2D eigenvalue weighted by Gasteiger charge is -2.39. The van der Waals surface area contributed by atoms with Gasteiger partial charge in [0.1, 0.15) is 0 Å². The van der Waals surface area contributed by atoms with Gasteiger partial charge in [-0.3, -0.25) is 0 Å². The monoisotopic (exact) mass is 214 g/mol. The SMILES string of the molecule is COC1CC(NCCOC2(C)CNC2)C1. The Hall–Kier alpha value is -0.160. The van der Waals surface area contributed by atoms with Gasteiger partial charge in [-0.25, -0.2) is 0 Å². The number of ether oxygens (including phenoxy) is 2. The molecule has 88 valence electrons. The minimum Gasteiger partial charge on any atom is -0.381 e. The van der Waals surface area contributed by atoms with E-state index in [-0.39, 0.29) is 5.60 Å². The van der Waals surface area contributed by atoms with E-state index in [2.05, 4.69) is 17.6 Å². The molecule has 2 fully saturated rings. The van der Waals surface area contributed by atoms with Crippen molar-refractivity contribution in [3.8, 4) is 0 Å². The zero-order valence-electron chi connectivity index (χ0n) is 9.71. The lowest BCUT2D eigenvalue weighted by molar-refractivity contribution is -0.0672. The van der Waals surface area contributed by atoms with Gasteiger partial charge in [0, 0.05) is 32.8 Å². The van der Waals surface area contributed by atoms with E-state index in [4.69, 9.17) is 9.47 Å². The van der Waals surface area contributed by atoms with Crippen molar-refractivity contribution >= 4 is 0 Å². The van der Waals surface area contributed by atoms with Crippen molar-refractivity contribution < 1.29 is 9.47 Å². The van der Waals surface area contributed by atoms with Crippen LogP contribution in [0.1, 0.15) is 19.8 Å². The summed E-state index contributed by atoms with van der Waals surface area (Å²) >= 11 is 0. The van der Waals surface area contributed by atoms with Gasteiger partial charge in [-0.15, -0.1) is 0 Å². The van der Waals surface area contributed by atoms with Gasteiger partial charge < -0.3 is 20.1 Å². The molecule has 15 heavy (non-hydrogen) atoms. The lowest BCUT2D eigenvalue weighted by atomic mass is 9.89. The Morgan fingerprint density at radius 3 is 2.67 bits per heavy atom. The first-order valence-electron chi connectivity index (χ1n) is 5.83. The van der Waals surface area contributed by atoms with Crippen LogP contribution < -0.4 is 10.6 Å². The molecule has 1 saturated carbocycles. The second kappa shape index (κ2) is 4.78. The molecule has 0 aromatic rings. The Morgan fingerprint density at radius 1 is 1.40 bits per heavy atom. The molecule has 0 amide bonds. The van der Waals surface area contributed by atoms with Crippen LogP contribution in [0.5, 0.6) is 0 Å². The Kier molecular flexibility index (Phi) is 3.61. The number of hydrogen-bond donors (Lipinski definition) is 2. The maximum Gasteiger partial charge on any atom is 0.0902 e. The summed E-state index contributed by atoms with van der Waals surface area (Å²) in [4.78, 5) is 0. The van der Waals surface area contributed by atoms with Crippen LogP contribution in [0.15, 0.2) is 0 Å². The molecule has 1 aliphatic heterocycles. The van der Waals surface area contributed by atoms with Crippen LogP contribution in [0.4, 0.5) is 0 Å².